The fourth-order valence-corrected chi connectivity index (χ4v) is 3.42. The van der Waals surface area contributed by atoms with Gasteiger partial charge in [0.2, 0.25) is 5.13 Å². The largest absolute Gasteiger partial charge is 0.497 e. The molecule has 2 aromatic rings. The van der Waals surface area contributed by atoms with Gasteiger partial charge >= 0.3 is 6.03 Å². The Hall–Kier alpha value is -2.48. The molecular weight excluding hydrogens is 355 g/mol. The SMILES string of the molecule is COc1ccc(/C=C2/CCCN(C(=O)Nc3nc(C)ns3)CC2)c(F)c1. The molecular formula is C18H21FN4O2S. The van der Waals surface area contributed by atoms with E-state index >= 15 is 0 Å². The van der Waals surface area contributed by atoms with Crippen molar-refractivity contribution in [3.05, 3.63) is 41.0 Å². The molecule has 0 radical (unpaired) electrons. The molecule has 0 saturated carbocycles. The Balaban J connectivity index is 1.63. The number of anilines is 1. The van der Waals surface area contributed by atoms with E-state index in [1.54, 1.807) is 24.0 Å². The molecule has 138 valence electrons. The molecule has 1 aromatic heterocycles. The average Bonchev–Trinajstić information content (AvgIpc) is 2.89. The van der Waals surface area contributed by atoms with Crippen LogP contribution in [0.25, 0.3) is 6.08 Å². The summed E-state index contributed by atoms with van der Waals surface area (Å²) in [7, 11) is 1.51. The minimum atomic E-state index is -0.303. The Morgan fingerprint density at radius 3 is 2.92 bits per heavy atom. The van der Waals surface area contributed by atoms with Crippen LogP contribution in [0.3, 0.4) is 0 Å². The van der Waals surface area contributed by atoms with Gasteiger partial charge in [-0.15, -0.1) is 0 Å². The lowest BCUT2D eigenvalue weighted by atomic mass is 10.0. The highest BCUT2D eigenvalue weighted by Crippen LogP contribution is 2.24. The molecule has 2 amide bonds. The quantitative estimate of drug-likeness (QED) is 0.876. The summed E-state index contributed by atoms with van der Waals surface area (Å²) in [4.78, 5) is 18.3. The van der Waals surface area contributed by atoms with Crippen LogP contribution in [0.4, 0.5) is 14.3 Å². The summed E-state index contributed by atoms with van der Waals surface area (Å²) < 4.78 is 23.2. The van der Waals surface area contributed by atoms with Gasteiger partial charge in [0.25, 0.3) is 0 Å². The minimum Gasteiger partial charge on any atom is -0.497 e. The van der Waals surface area contributed by atoms with Crippen LogP contribution in [0.1, 0.15) is 30.7 Å². The molecule has 1 saturated heterocycles. The Bertz CT molecular complexity index is 821. The maximum atomic E-state index is 14.1. The van der Waals surface area contributed by atoms with Gasteiger partial charge in [-0.2, -0.15) is 4.37 Å². The summed E-state index contributed by atoms with van der Waals surface area (Å²) in [6.07, 6.45) is 4.28. The van der Waals surface area contributed by atoms with E-state index in [-0.39, 0.29) is 11.8 Å². The van der Waals surface area contributed by atoms with Gasteiger partial charge in [-0.1, -0.05) is 11.6 Å². The highest BCUT2D eigenvalue weighted by molar-refractivity contribution is 7.09. The monoisotopic (exact) mass is 376 g/mol. The van der Waals surface area contributed by atoms with Gasteiger partial charge < -0.3 is 9.64 Å². The molecule has 1 aromatic carbocycles. The van der Waals surface area contributed by atoms with Gasteiger partial charge in [-0.3, -0.25) is 5.32 Å². The molecule has 0 atom stereocenters. The topological polar surface area (TPSA) is 67.3 Å². The van der Waals surface area contributed by atoms with Crippen molar-refractivity contribution in [3.63, 3.8) is 0 Å². The van der Waals surface area contributed by atoms with Crippen molar-refractivity contribution in [3.8, 4) is 5.75 Å². The maximum absolute atomic E-state index is 14.1. The van der Waals surface area contributed by atoms with E-state index in [0.717, 1.165) is 18.4 Å². The second-order valence-corrected chi connectivity index (χ2v) is 6.86. The summed E-state index contributed by atoms with van der Waals surface area (Å²) in [5, 5.41) is 3.29. The van der Waals surface area contributed by atoms with Crippen LogP contribution in [0.15, 0.2) is 23.8 Å². The summed E-state index contributed by atoms with van der Waals surface area (Å²) in [6.45, 7) is 3.03. The van der Waals surface area contributed by atoms with Crippen LogP contribution >= 0.6 is 11.5 Å². The Morgan fingerprint density at radius 2 is 2.23 bits per heavy atom. The molecule has 6 nitrogen and oxygen atoms in total. The molecule has 3 rings (SSSR count). The molecule has 8 heteroatoms. The predicted molar refractivity (Wildman–Crippen MR) is 100 cm³/mol. The lowest BCUT2D eigenvalue weighted by Gasteiger charge is -2.19. The van der Waals surface area contributed by atoms with Gasteiger partial charge in [0, 0.05) is 36.3 Å². The first-order valence-corrected chi connectivity index (χ1v) is 9.21. The zero-order chi connectivity index (χ0) is 18.5. The van der Waals surface area contributed by atoms with Crippen molar-refractivity contribution in [1.82, 2.24) is 14.3 Å². The number of carbonyl (C=O) groups is 1. The van der Waals surface area contributed by atoms with E-state index in [9.17, 15) is 9.18 Å². The van der Waals surface area contributed by atoms with Gasteiger partial charge in [-0.05, 0) is 38.3 Å². The predicted octanol–water partition coefficient (Wildman–Crippen LogP) is 4.10. The number of nitrogens with zero attached hydrogens (tertiary/aromatic N) is 3. The van der Waals surface area contributed by atoms with Crippen LogP contribution in [-0.4, -0.2) is 40.5 Å². The van der Waals surface area contributed by atoms with E-state index in [4.69, 9.17) is 4.74 Å². The lowest BCUT2D eigenvalue weighted by molar-refractivity contribution is 0.214. The fraction of sp³-hybridized carbons (Fsp3) is 0.389. The number of hydrogen-bond donors (Lipinski definition) is 1. The molecule has 1 aliphatic rings. The highest BCUT2D eigenvalue weighted by atomic mass is 32.1. The van der Waals surface area contributed by atoms with Crippen LogP contribution in [0.5, 0.6) is 5.75 Å². The molecule has 26 heavy (non-hydrogen) atoms. The van der Waals surface area contributed by atoms with Crippen LogP contribution in [0, 0.1) is 12.7 Å². The van der Waals surface area contributed by atoms with Crippen molar-refractivity contribution < 1.29 is 13.9 Å². The standard InChI is InChI=1S/C18H21FN4O2S/c1-12-20-17(26-22-12)21-18(24)23-8-3-4-13(7-9-23)10-14-5-6-15(25-2)11-16(14)19/h5-6,10-11H,3-4,7-9H2,1-2H3,(H,20,21,22,24)/b13-10-. The van der Waals surface area contributed by atoms with Crippen molar-refractivity contribution in [2.45, 2.75) is 26.2 Å². The number of rotatable bonds is 3. The van der Waals surface area contributed by atoms with Crippen molar-refractivity contribution >= 4 is 28.8 Å². The van der Waals surface area contributed by atoms with Crippen molar-refractivity contribution in [2.24, 2.45) is 0 Å². The number of ether oxygens (including phenoxy) is 1. The Morgan fingerprint density at radius 1 is 1.38 bits per heavy atom. The number of amides is 2. The van der Waals surface area contributed by atoms with Gasteiger partial charge in [-0.25, -0.2) is 14.2 Å². The molecule has 0 unspecified atom stereocenters. The number of benzene rings is 1. The first-order valence-electron chi connectivity index (χ1n) is 8.44. The number of likely N-dealkylation sites (tertiary alicyclic amines) is 1. The Labute approximate surface area is 155 Å². The van der Waals surface area contributed by atoms with E-state index in [2.05, 4.69) is 14.7 Å². The number of nitrogens with one attached hydrogen (secondary N) is 1. The van der Waals surface area contributed by atoms with Crippen LogP contribution in [-0.2, 0) is 0 Å². The zero-order valence-corrected chi connectivity index (χ0v) is 15.6. The maximum Gasteiger partial charge on any atom is 0.323 e. The van der Waals surface area contributed by atoms with Crippen LogP contribution in [0.2, 0.25) is 0 Å². The molecule has 0 bridgehead atoms. The van der Waals surface area contributed by atoms with Gasteiger partial charge in [0.15, 0.2) is 0 Å². The van der Waals surface area contributed by atoms with Crippen molar-refractivity contribution in [1.29, 1.82) is 0 Å². The molecule has 1 N–H and O–H groups in total. The normalized spacial score (nSPS) is 16.4. The number of hydrogen-bond acceptors (Lipinski definition) is 5. The second kappa shape index (κ2) is 8.27. The van der Waals surface area contributed by atoms with E-state index < -0.39 is 0 Å². The van der Waals surface area contributed by atoms with E-state index in [1.165, 1.54) is 24.7 Å². The number of aromatic nitrogens is 2. The highest BCUT2D eigenvalue weighted by Gasteiger charge is 2.18. The summed E-state index contributed by atoms with van der Waals surface area (Å²) >= 11 is 1.17. The smallest absolute Gasteiger partial charge is 0.323 e. The summed E-state index contributed by atoms with van der Waals surface area (Å²) in [6, 6.07) is 4.68. The second-order valence-electron chi connectivity index (χ2n) is 6.11. The van der Waals surface area contributed by atoms with E-state index in [0.29, 0.717) is 41.8 Å². The Kier molecular flexibility index (Phi) is 5.82. The van der Waals surface area contributed by atoms with Gasteiger partial charge in [0.1, 0.15) is 17.4 Å². The number of carbonyl (C=O) groups excluding carboxylic acids is 1. The molecule has 1 fully saturated rings. The molecule has 2 heterocycles. The number of methoxy groups -OCH3 is 1. The molecule has 1 aliphatic heterocycles. The molecule has 0 aliphatic carbocycles. The van der Waals surface area contributed by atoms with Gasteiger partial charge in [0.05, 0.1) is 7.11 Å². The van der Waals surface area contributed by atoms with Crippen molar-refractivity contribution in [2.75, 3.05) is 25.5 Å². The summed E-state index contributed by atoms with van der Waals surface area (Å²) in [5.41, 5.74) is 1.68. The third-order valence-corrected chi connectivity index (χ3v) is 4.95. The van der Waals surface area contributed by atoms with Crippen LogP contribution < -0.4 is 10.1 Å². The number of halogens is 1. The number of aryl methyl sites for hydroxylation is 1. The third kappa shape index (κ3) is 4.57. The zero-order valence-electron chi connectivity index (χ0n) is 14.8. The number of urea groups is 1. The average molecular weight is 376 g/mol. The first kappa shape index (κ1) is 18.3. The minimum absolute atomic E-state index is 0.168. The third-order valence-electron chi connectivity index (χ3n) is 4.22. The lowest BCUT2D eigenvalue weighted by Crippen LogP contribution is -2.35. The summed E-state index contributed by atoms with van der Waals surface area (Å²) in [5.74, 6) is 0.843. The van der Waals surface area contributed by atoms with E-state index in [1.807, 2.05) is 6.08 Å². The fourth-order valence-electron chi connectivity index (χ4n) is 2.85. The first-order chi connectivity index (χ1) is 12.5. The molecule has 0 spiro atoms.